The Hall–Kier alpha value is -0.0551. The maximum absolute atomic E-state index is 8.43. The van der Waals surface area contributed by atoms with Gasteiger partial charge in [0, 0.05) is 0 Å². The van der Waals surface area contributed by atoms with E-state index in [-0.39, 0.29) is 18.9 Å². The third kappa shape index (κ3) is 1.21. The van der Waals surface area contributed by atoms with Crippen LogP contribution in [0.2, 0.25) is 0 Å². The lowest BCUT2D eigenvalue weighted by molar-refractivity contribution is -0.0789. The van der Waals surface area contributed by atoms with Crippen molar-refractivity contribution in [1.82, 2.24) is 0 Å². The van der Waals surface area contributed by atoms with Gasteiger partial charge in [-0.2, -0.15) is 0 Å². The Morgan fingerprint density at radius 3 is 2.75 bits per heavy atom. The molecule has 1 heterocycles. The standard InChI is InChI=1S/C4H9BO3/c5-3-2-7-4(1-6)8-3/h3-4,6H,1-2,5H2. The minimum atomic E-state index is -0.370. The average Bonchev–Trinajstić information content (AvgIpc) is 2.14. The van der Waals surface area contributed by atoms with Crippen LogP contribution in [0.25, 0.3) is 0 Å². The summed E-state index contributed by atoms with van der Waals surface area (Å²) >= 11 is 0. The van der Waals surface area contributed by atoms with Crippen LogP contribution in [0.5, 0.6) is 0 Å². The lowest BCUT2D eigenvalue weighted by atomic mass is 10.0. The molecule has 0 bridgehead atoms. The van der Waals surface area contributed by atoms with Crippen LogP contribution in [0.1, 0.15) is 0 Å². The maximum Gasteiger partial charge on any atom is 0.180 e. The third-order valence-corrected chi connectivity index (χ3v) is 1.05. The van der Waals surface area contributed by atoms with Gasteiger partial charge in [-0.15, -0.1) is 0 Å². The summed E-state index contributed by atoms with van der Waals surface area (Å²) in [5.41, 5.74) is 0. The zero-order valence-corrected chi connectivity index (χ0v) is 4.83. The quantitative estimate of drug-likeness (QED) is 0.415. The molecule has 1 rings (SSSR count). The summed E-state index contributed by atoms with van der Waals surface area (Å²) in [4.78, 5) is 0. The Morgan fingerprint density at radius 2 is 2.50 bits per heavy atom. The van der Waals surface area contributed by atoms with E-state index in [4.69, 9.17) is 14.6 Å². The van der Waals surface area contributed by atoms with E-state index in [1.807, 2.05) is 7.85 Å². The smallest absolute Gasteiger partial charge is 0.180 e. The fourth-order valence-electron chi connectivity index (χ4n) is 0.676. The average molecular weight is 116 g/mol. The van der Waals surface area contributed by atoms with Gasteiger partial charge < -0.3 is 14.6 Å². The molecule has 2 unspecified atom stereocenters. The summed E-state index contributed by atoms with van der Waals surface area (Å²) in [6, 6.07) is 0.146. The Labute approximate surface area is 49.0 Å². The fraction of sp³-hybridized carbons (Fsp3) is 1.00. The Morgan fingerprint density at radius 1 is 1.75 bits per heavy atom. The van der Waals surface area contributed by atoms with E-state index in [0.29, 0.717) is 6.61 Å². The van der Waals surface area contributed by atoms with Gasteiger partial charge in [-0.3, -0.25) is 0 Å². The van der Waals surface area contributed by atoms with Crippen molar-refractivity contribution < 1.29 is 14.6 Å². The largest absolute Gasteiger partial charge is 0.391 e. The van der Waals surface area contributed by atoms with E-state index in [1.54, 1.807) is 0 Å². The van der Waals surface area contributed by atoms with Crippen LogP contribution in [0.15, 0.2) is 0 Å². The monoisotopic (exact) mass is 116 g/mol. The van der Waals surface area contributed by atoms with Crippen molar-refractivity contribution in [1.29, 1.82) is 0 Å². The van der Waals surface area contributed by atoms with Crippen molar-refractivity contribution in [3.05, 3.63) is 0 Å². The second-order valence-electron chi connectivity index (χ2n) is 1.89. The number of hydrogen-bond acceptors (Lipinski definition) is 3. The van der Waals surface area contributed by atoms with Crippen molar-refractivity contribution in [3.63, 3.8) is 0 Å². The van der Waals surface area contributed by atoms with Crippen molar-refractivity contribution in [2.75, 3.05) is 13.2 Å². The molecule has 0 radical (unpaired) electrons. The number of rotatable bonds is 1. The van der Waals surface area contributed by atoms with Crippen molar-refractivity contribution in [3.8, 4) is 0 Å². The zero-order chi connectivity index (χ0) is 5.98. The summed E-state index contributed by atoms with van der Waals surface area (Å²) in [5, 5.41) is 8.43. The molecular weight excluding hydrogens is 107 g/mol. The molecule has 0 amide bonds. The molecule has 1 fully saturated rings. The van der Waals surface area contributed by atoms with E-state index < -0.39 is 0 Å². The van der Waals surface area contributed by atoms with Crippen molar-refractivity contribution in [2.24, 2.45) is 0 Å². The van der Waals surface area contributed by atoms with Crippen LogP contribution in [-0.2, 0) is 9.47 Å². The third-order valence-electron chi connectivity index (χ3n) is 1.05. The predicted octanol–water partition coefficient (Wildman–Crippen LogP) is -1.69. The van der Waals surface area contributed by atoms with Crippen LogP contribution in [-0.4, -0.2) is 38.5 Å². The first-order chi connectivity index (χ1) is 3.83. The normalized spacial score (nSPS) is 38.1. The van der Waals surface area contributed by atoms with Crippen LogP contribution < -0.4 is 0 Å². The molecule has 4 heteroatoms. The highest BCUT2D eigenvalue weighted by molar-refractivity contribution is 6.11. The molecule has 3 nitrogen and oxygen atoms in total. The van der Waals surface area contributed by atoms with E-state index in [2.05, 4.69) is 0 Å². The van der Waals surface area contributed by atoms with E-state index in [1.165, 1.54) is 0 Å². The molecule has 46 valence electrons. The molecular formula is C4H9BO3. The van der Waals surface area contributed by atoms with Gasteiger partial charge >= 0.3 is 0 Å². The highest BCUT2D eigenvalue weighted by atomic mass is 16.7. The number of aliphatic hydroxyl groups excluding tert-OH is 1. The summed E-state index contributed by atoms with van der Waals surface area (Å²) in [7, 11) is 1.91. The van der Waals surface area contributed by atoms with Crippen LogP contribution in [0.3, 0.4) is 0 Å². The second-order valence-corrected chi connectivity index (χ2v) is 1.89. The van der Waals surface area contributed by atoms with Crippen LogP contribution >= 0.6 is 0 Å². The lowest BCUT2D eigenvalue weighted by Gasteiger charge is -2.03. The van der Waals surface area contributed by atoms with Crippen LogP contribution in [0, 0.1) is 0 Å². The van der Waals surface area contributed by atoms with Gasteiger partial charge in [0.2, 0.25) is 0 Å². The Balaban J connectivity index is 2.22. The number of ether oxygens (including phenoxy) is 2. The number of aliphatic hydroxyl groups is 1. The van der Waals surface area contributed by atoms with Gasteiger partial charge in [-0.25, -0.2) is 0 Å². The van der Waals surface area contributed by atoms with Gasteiger partial charge in [0.25, 0.3) is 0 Å². The fourth-order valence-corrected chi connectivity index (χ4v) is 0.676. The molecule has 1 aliphatic heterocycles. The summed E-state index contributed by atoms with van der Waals surface area (Å²) in [5.74, 6) is 0. The van der Waals surface area contributed by atoms with Crippen molar-refractivity contribution >= 4 is 7.85 Å². The predicted molar refractivity (Wildman–Crippen MR) is 30.2 cm³/mol. The zero-order valence-electron chi connectivity index (χ0n) is 4.83. The van der Waals surface area contributed by atoms with Crippen LogP contribution in [0.4, 0.5) is 0 Å². The molecule has 0 spiro atoms. The molecule has 0 aromatic heterocycles. The SMILES string of the molecule is BC1COC(CO)O1. The summed E-state index contributed by atoms with van der Waals surface area (Å²) in [6.07, 6.45) is -0.370. The molecule has 2 atom stereocenters. The molecule has 0 aromatic rings. The molecule has 0 saturated carbocycles. The minimum Gasteiger partial charge on any atom is -0.391 e. The Kier molecular flexibility index (Phi) is 1.88. The van der Waals surface area contributed by atoms with E-state index in [0.717, 1.165) is 0 Å². The topological polar surface area (TPSA) is 38.7 Å². The highest BCUT2D eigenvalue weighted by Gasteiger charge is 2.20. The molecule has 1 saturated heterocycles. The molecule has 1 aliphatic rings. The lowest BCUT2D eigenvalue weighted by Crippen LogP contribution is -2.15. The maximum atomic E-state index is 8.43. The van der Waals surface area contributed by atoms with Crippen molar-refractivity contribution in [2.45, 2.75) is 12.3 Å². The van der Waals surface area contributed by atoms with E-state index >= 15 is 0 Å². The minimum absolute atomic E-state index is 0.0374. The Bertz CT molecular complexity index is 77.7. The highest BCUT2D eigenvalue weighted by Crippen LogP contribution is 2.06. The first-order valence-corrected chi connectivity index (χ1v) is 2.71. The molecule has 8 heavy (non-hydrogen) atoms. The molecule has 0 aromatic carbocycles. The summed E-state index contributed by atoms with van der Waals surface area (Å²) in [6.45, 7) is 0.565. The van der Waals surface area contributed by atoms with E-state index in [9.17, 15) is 0 Å². The van der Waals surface area contributed by atoms with Gasteiger partial charge in [0.1, 0.15) is 7.85 Å². The number of hydrogen-bond donors (Lipinski definition) is 1. The van der Waals surface area contributed by atoms with Gasteiger partial charge in [-0.05, 0) is 0 Å². The van der Waals surface area contributed by atoms with Gasteiger partial charge in [0.05, 0.1) is 19.2 Å². The van der Waals surface area contributed by atoms with Gasteiger partial charge in [-0.1, -0.05) is 0 Å². The summed E-state index contributed by atoms with van der Waals surface area (Å²) < 4.78 is 9.98. The first kappa shape index (κ1) is 6.07. The second kappa shape index (κ2) is 2.48. The first-order valence-electron chi connectivity index (χ1n) is 2.71. The van der Waals surface area contributed by atoms with Gasteiger partial charge in [0.15, 0.2) is 6.29 Å². The molecule has 1 N–H and O–H groups in total. The molecule has 0 aliphatic carbocycles.